The molecule has 2 aromatic carbocycles. The quantitative estimate of drug-likeness (QED) is 0.284. The molecular formula is C26H23F5N6O4S2. The third-order valence-corrected chi connectivity index (χ3v) is 9.53. The van der Waals surface area contributed by atoms with Crippen LogP contribution in [0.15, 0.2) is 59.6 Å². The van der Waals surface area contributed by atoms with Crippen molar-refractivity contribution in [3.8, 4) is 5.75 Å². The molecule has 0 spiro atoms. The second kappa shape index (κ2) is 12.0. The first-order chi connectivity index (χ1) is 20.3. The molecule has 5 rings (SSSR count). The number of thiazole rings is 1. The lowest BCUT2D eigenvalue weighted by molar-refractivity contribution is -0.137. The number of carbonyl (C=O) groups excluding carboxylic acids is 1. The van der Waals surface area contributed by atoms with Crippen LogP contribution in [0.2, 0.25) is 0 Å². The van der Waals surface area contributed by atoms with E-state index in [4.69, 9.17) is 0 Å². The Morgan fingerprint density at radius 3 is 2.44 bits per heavy atom. The van der Waals surface area contributed by atoms with E-state index in [1.165, 1.54) is 35.6 Å². The fourth-order valence-corrected chi connectivity index (χ4v) is 6.92. The topological polar surface area (TPSA) is 118 Å². The Morgan fingerprint density at radius 1 is 1.09 bits per heavy atom. The molecule has 2 aromatic heterocycles. The molecule has 1 amide bonds. The lowest BCUT2D eigenvalue weighted by Gasteiger charge is -2.39. The van der Waals surface area contributed by atoms with Gasteiger partial charge in [0.1, 0.15) is 17.6 Å². The number of ether oxygens (including phenoxy) is 1. The number of nitrogens with one attached hydrogen (secondary N) is 1. The van der Waals surface area contributed by atoms with Crippen LogP contribution in [-0.2, 0) is 27.5 Å². The van der Waals surface area contributed by atoms with E-state index >= 15 is 0 Å². The summed E-state index contributed by atoms with van der Waals surface area (Å²) in [6.07, 6.45) is -3.04. The summed E-state index contributed by atoms with van der Waals surface area (Å²) < 4.78 is 97.3. The molecule has 4 aromatic rings. The largest absolute Gasteiger partial charge is 0.435 e. The molecule has 228 valence electrons. The standard InChI is InChI=1S/C26H23F5N6O4S2/c1-15-32-13-21-22(34-15)35-25(42-21)36-10-11-37(43(39,40)19-8-4-17(5-9-19)26(29,30)31)20(14-36)23(38)33-12-16-2-6-18(7-3-16)41-24(27)28/h2-9,13,20,24H,10-12,14H2,1H3,(H,33,38)/t20-/m1/s1. The summed E-state index contributed by atoms with van der Waals surface area (Å²) in [5.74, 6) is -0.231. The molecule has 43 heavy (non-hydrogen) atoms. The third kappa shape index (κ3) is 6.83. The third-order valence-electron chi connectivity index (χ3n) is 6.57. The van der Waals surface area contributed by atoms with Gasteiger partial charge in [-0.3, -0.25) is 4.79 Å². The highest BCUT2D eigenvalue weighted by Crippen LogP contribution is 2.33. The Hall–Kier alpha value is -3.96. The Balaban J connectivity index is 1.40. The minimum absolute atomic E-state index is 0.0610. The van der Waals surface area contributed by atoms with E-state index in [2.05, 4.69) is 25.0 Å². The normalized spacial score (nSPS) is 16.5. The van der Waals surface area contributed by atoms with Crippen LogP contribution in [0.25, 0.3) is 10.3 Å². The van der Waals surface area contributed by atoms with Gasteiger partial charge in [-0.2, -0.15) is 31.2 Å². The maximum atomic E-state index is 13.6. The lowest BCUT2D eigenvalue weighted by Crippen LogP contribution is -2.60. The van der Waals surface area contributed by atoms with Crippen molar-refractivity contribution < 1.29 is 39.9 Å². The highest BCUT2D eigenvalue weighted by atomic mass is 32.2. The van der Waals surface area contributed by atoms with Crippen molar-refractivity contribution >= 4 is 42.7 Å². The number of hydrogen-bond donors (Lipinski definition) is 1. The number of rotatable bonds is 8. The molecule has 0 saturated carbocycles. The number of benzene rings is 2. The highest BCUT2D eigenvalue weighted by molar-refractivity contribution is 7.89. The number of aryl methyl sites for hydroxylation is 1. The van der Waals surface area contributed by atoms with Crippen molar-refractivity contribution in [1.29, 1.82) is 0 Å². The number of amides is 1. The first-order valence-electron chi connectivity index (χ1n) is 12.7. The molecule has 0 unspecified atom stereocenters. The molecule has 1 atom stereocenters. The number of sulfonamides is 1. The van der Waals surface area contributed by atoms with Crippen LogP contribution in [-0.4, -0.2) is 65.9 Å². The zero-order chi connectivity index (χ0) is 30.9. The van der Waals surface area contributed by atoms with E-state index in [9.17, 15) is 35.2 Å². The lowest BCUT2D eigenvalue weighted by atomic mass is 10.1. The summed E-state index contributed by atoms with van der Waals surface area (Å²) in [4.78, 5) is 27.8. The molecule has 1 N–H and O–H groups in total. The van der Waals surface area contributed by atoms with Gasteiger partial charge in [-0.15, -0.1) is 0 Å². The van der Waals surface area contributed by atoms with Crippen molar-refractivity contribution in [3.05, 3.63) is 71.7 Å². The van der Waals surface area contributed by atoms with E-state index in [-0.39, 0.29) is 31.9 Å². The molecule has 10 nitrogen and oxygen atoms in total. The van der Waals surface area contributed by atoms with Crippen LogP contribution >= 0.6 is 11.3 Å². The monoisotopic (exact) mass is 642 g/mol. The van der Waals surface area contributed by atoms with E-state index in [1.807, 2.05) is 0 Å². The number of alkyl halides is 5. The summed E-state index contributed by atoms with van der Waals surface area (Å²) in [5.41, 5.74) is -0.0304. The van der Waals surface area contributed by atoms with Gasteiger partial charge in [-0.1, -0.05) is 23.5 Å². The zero-order valence-corrected chi connectivity index (χ0v) is 23.9. The number of hydrogen-bond acceptors (Lipinski definition) is 9. The Bertz CT molecular complexity index is 1720. The van der Waals surface area contributed by atoms with Gasteiger partial charge in [-0.05, 0) is 48.9 Å². The average Bonchev–Trinajstić information content (AvgIpc) is 3.39. The number of carbonyl (C=O) groups is 1. The molecule has 3 heterocycles. The van der Waals surface area contributed by atoms with Crippen molar-refractivity contribution in [1.82, 2.24) is 24.6 Å². The summed E-state index contributed by atoms with van der Waals surface area (Å²) in [6.45, 7) is -1.48. The van der Waals surface area contributed by atoms with Crippen molar-refractivity contribution in [2.45, 2.75) is 37.2 Å². The zero-order valence-electron chi connectivity index (χ0n) is 22.3. The first-order valence-corrected chi connectivity index (χ1v) is 14.9. The summed E-state index contributed by atoms with van der Waals surface area (Å²) in [5, 5.41) is 3.16. The van der Waals surface area contributed by atoms with E-state index in [0.29, 0.717) is 39.0 Å². The van der Waals surface area contributed by atoms with Crippen LogP contribution in [0.5, 0.6) is 5.75 Å². The molecule has 1 saturated heterocycles. The summed E-state index contributed by atoms with van der Waals surface area (Å²) in [6, 6.07) is 7.30. The Labute approximate surface area is 246 Å². The van der Waals surface area contributed by atoms with Crippen molar-refractivity contribution in [2.75, 3.05) is 24.5 Å². The number of anilines is 1. The van der Waals surface area contributed by atoms with Gasteiger partial charge in [0.15, 0.2) is 10.8 Å². The number of nitrogens with zero attached hydrogens (tertiary/aromatic N) is 5. The molecule has 0 bridgehead atoms. The van der Waals surface area contributed by atoms with Gasteiger partial charge in [0.05, 0.1) is 21.4 Å². The molecule has 1 aliphatic rings. The maximum absolute atomic E-state index is 13.6. The van der Waals surface area contributed by atoms with Crippen molar-refractivity contribution in [3.63, 3.8) is 0 Å². The number of halogens is 5. The van der Waals surface area contributed by atoms with Crippen molar-refractivity contribution in [2.24, 2.45) is 0 Å². The van der Waals surface area contributed by atoms with Gasteiger partial charge in [0, 0.05) is 26.2 Å². The van der Waals surface area contributed by atoms with Crippen LogP contribution in [0.1, 0.15) is 17.0 Å². The average molecular weight is 643 g/mol. The summed E-state index contributed by atoms with van der Waals surface area (Å²) in [7, 11) is -4.40. The minimum atomic E-state index is -4.65. The van der Waals surface area contributed by atoms with Crippen LogP contribution in [0, 0.1) is 6.92 Å². The van der Waals surface area contributed by atoms with Gasteiger partial charge in [0.25, 0.3) is 0 Å². The smallest absolute Gasteiger partial charge is 0.416 e. The SMILES string of the molecule is Cc1ncc2sc(N3CCN(S(=O)(=O)c4ccc(C(F)(F)F)cc4)[C@@H](C(=O)NCc4ccc(OC(F)F)cc4)C3)nc2n1. The second-order valence-electron chi connectivity index (χ2n) is 9.44. The van der Waals surface area contributed by atoms with E-state index in [1.54, 1.807) is 18.0 Å². The Morgan fingerprint density at radius 2 is 1.79 bits per heavy atom. The molecule has 1 fully saturated rings. The second-order valence-corrected chi connectivity index (χ2v) is 12.3. The van der Waals surface area contributed by atoms with Crippen LogP contribution in [0.4, 0.5) is 27.1 Å². The van der Waals surface area contributed by atoms with Gasteiger partial charge in [0.2, 0.25) is 15.9 Å². The van der Waals surface area contributed by atoms with Crippen LogP contribution < -0.4 is 15.0 Å². The molecular weight excluding hydrogens is 619 g/mol. The number of fused-ring (bicyclic) bond motifs is 1. The first kappa shape index (κ1) is 30.5. The molecule has 0 aliphatic carbocycles. The molecule has 17 heteroatoms. The number of piperazine rings is 1. The van der Waals surface area contributed by atoms with E-state index in [0.717, 1.165) is 16.4 Å². The van der Waals surface area contributed by atoms with Gasteiger partial charge >= 0.3 is 12.8 Å². The van der Waals surface area contributed by atoms with Crippen LogP contribution in [0.3, 0.4) is 0 Å². The minimum Gasteiger partial charge on any atom is -0.435 e. The molecule has 0 radical (unpaired) electrons. The highest BCUT2D eigenvalue weighted by Gasteiger charge is 2.41. The van der Waals surface area contributed by atoms with E-state index < -0.39 is 45.2 Å². The Kier molecular flexibility index (Phi) is 8.49. The fourth-order valence-electron chi connectivity index (χ4n) is 4.43. The predicted octanol–water partition coefficient (Wildman–Crippen LogP) is 4.21. The molecule has 1 aliphatic heterocycles. The van der Waals surface area contributed by atoms with Gasteiger partial charge < -0.3 is 15.0 Å². The fraction of sp³-hybridized carbons (Fsp3) is 0.308. The maximum Gasteiger partial charge on any atom is 0.416 e. The summed E-state index contributed by atoms with van der Waals surface area (Å²) >= 11 is 1.27. The predicted molar refractivity (Wildman–Crippen MR) is 146 cm³/mol. The number of aromatic nitrogens is 3. The van der Waals surface area contributed by atoms with Gasteiger partial charge in [-0.25, -0.2) is 18.4 Å².